The molecule has 0 N–H and O–H groups in total. The molecule has 0 atom stereocenters. The molecule has 0 aliphatic carbocycles. The first-order valence-corrected chi connectivity index (χ1v) is 9.67. The Morgan fingerprint density at radius 2 is 1.82 bits per heavy atom. The van der Waals surface area contributed by atoms with Gasteiger partial charge in [0, 0.05) is 44.8 Å². The number of methoxy groups -OCH3 is 1. The fourth-order valence-electron chi connectivity index (χ4n) is 3.35. The van der Waals surface area contributed by atoms with Gasteiger partial charge in [-0.25, -0.2) is 9.97 Å². The van der Waals surface area contributed by atoms with E-state index in [1.807, 2.05) is 30.9 Å². The lowest BCUT2D eigenvalue weighted by Crippen LogP contribution is -2.49. The van der Waals surface area contributed by atoms with E-state index in [-0.39, 0.29) is 11.3 Å². The highest BCUT2D eigenvalue weighted by Gasteiger charge is 2.27. The lowest BCUT2D eigenvalue weighted by Gasteiger charge is -2.36. The van der Waals surface area contributed by atoms with Crippen LogP contribution in [0.1, 0.15) is 54.2 Å². The van der Waals surface area contributed by atoms with Gasteiger partial charge in [-0.05, 0) is 19.9 Å². The van der Waals surface area contributed by atoms with Crippen LogP contribution in [0.2, 0.25) is 0 Å². The van der Waals surface area contributed by atoms with Crippen molar-refractivity contribution < 1.29 is 13.9 Å². The molecule has 0 spiro atoms. The standard InChI is InChI=1S/C21H30N4O3/c1-14-11-17(15(2)28-14)19(26)25-9-7-24(8-10-25)18-12-16(13-27-6)22-20(23-18)21(3,4)5/h11-12H,7-10,13H2,1-6H3. The topological polar surface area (TPSA) is 71.7 Å². The van der Waals surface area contributed by atoms with E-state index in [4.69, 9.17) is 14.1 Å². The Bertz CT molecular complexity index is 846. The number of furan rings is 1. The summed E-state index contributed by atoms with van der Waals surface area (Å²) in [4.78, 5) is 26.4. The van der Waals surface area contributed by atoms with Gasteiger partial charge in [0.05, 0.1) is 17.9 Å². The first-order valence-electron chi connectivity index (χ1n) is 9.67. The average molecular weight is 386 g/mol. The third kappa shape index (κ3) is 4.35. The van der Waals surface area contributed by atoms with Crippen molar-refractivity contribution in [2.24, 2.45) is 0 Å². The van der Waals surface area contributed by atoms with Gasteiger partial charge in [0.2, 0.25) is 0 Å². The Morgan fingerprint density at radius 1 is 1.14 bits per heavy atom. The van der Waals surface area contributed by atoms with Crippen molar-refractivity contribution in [1.29, 1.82) is 0 Å². The number of hydrogen-bond acceptors (Lipinski definition) is 6. The number of carbonyl (C=O) groups excluding carboxylic acids is 1. The van der Waals surface area contributed by atoms with Gasteiger partial charge in [-0.15, -0.1) is 0 Å². The number of aromatic nitrogens is 2. The molecule has 1 saturated heterocycles. The predicted molar refractivity (Wildman–Crippen MR) is 108 cm³/mol. The summed E-state index contributed by atoms with van der Waals surface area (Å²) in [7, 11) is 1.67. The minimum absolute atomic E-state index is 0.0344. The van der Waals surface area contributed by atoms with Crippen LogP contribution in [0.25, 0.3) is 0 Å². The normalized spacial score (nSPS) is 15.2. The van der Waals surface area contributed by atoms with Crippen LogP contribution in [0.4, 0.5) is 5.82 Å². The molecule has 0 bridgehead atoms. The number of ether oxygens (including phenoxy) is 1. The van der Waals surface area contributed by atoms with Gasteiger partial charge >= 0.3 is 0 Å². The van der Waals surface area contributed by atoms with E-state index in [0.717, 1.165) is 36.2 Å². The third-order valence-corrected chi connectivity index (χ3v) is 4.89. The average Bonchev–Trinajstić information content (AvgIpc) is 2.99. The third-order valence-electron chi connectivity index (χ3n) is 4.89. The first-order chi connectivity index (χ1) is 13.2. The van der Waals surface area contributed by atoms with E-state index in [2.05, 4.69) is 30.7 Å². The summed E-state index contributed by atoms with van der Waals surface area (Å²) in [5, 5.41) is 0. The summed E-state index contributed by atoms with van der Waals surface area (Å²) < 4.78 is 10.8. The minimum Gasteiger partial charge on any atom is -0.466 e. The van der Waals surface area contributed by atoms with Crippen molar-refractivity contribution in [3.05, 3.63) is 40.7 Å². The zero-order valence-electron chi connectivity index (χ0n) is 17.7. The lowest BCUT2D eigenvalue weighted by molar-refractivity contribution is 0.0744. The molecule has 1 aliphatic rings. The number of hydrogen-bond donors (Lipinski definition) is 0. The summed E-state index contributed by atoms with van der Waals surface area (Å²) in [6, 6.07) is 3.81. The number of amides is 1. The van der Waals surface area contributed by atoms with Crippen molar-refractivity contribution in [2.45, 2.75) is 46.6 Å². The maximum absolute atomic E-state index is 12.8. The van der Waals surface area contributed by atoms with Crippen molar-refractivity contribution in [3.63, 3.8) is 0 Å². The van der Waals surface area contributed by atoms with Crippen LogP contribution in [-0.2, 0) is 16.8 Å². The summed E-state index contributed by atoms with van der Waals surface area (Å²) in [6.07, 6.45) is 0. The quantitative estimate of drug-likeness (QED) is 0.804. The van der Waals surface area contributed by atoms with Crippen molar-refractivity contribution >= 4 is 11.7 Å². The molecular formula is C21H30N4O3. The van der Waals surface area contributed by atoms with Gasteiger partial charge in [-0.3, -0.25) is 4.79 Å². The van der Waals surface area contributed by atoms with E-state index < -0.39 is 0 Å². The summed E-state index contributed by atoms with van der Waals surface area (Å²) in [6.45, 7) is 13.2. The summed E-state index contributed by atoms with van der Waals surface area (Å²) >= 11 is 0. The molecule has 0 saturated carbocycles. The van der Waals surface area contributed by atoms with Gasteiger partial charge in [-0.2, -0.15) is 0 Å². The second-order valence-corrected chi connectivity index (χ2v) is 8.33. The minimum atomic E-state index is -0.146. The number of anilines is 1. The van der Waals surface area contributed by atoms with Gasteiger partial charge < -0.3 is 19.0 Å². The molecular weight excluding hydrogens is 356 g/mol. The number of piperazine rings is 1. The highest BCUT2D eigenvalue weighted by molar-refractivity contribution is 5.95. The van der Waals surface area contributed by atoms with Crippen molar-refractivity contribution in [1.82, 2.24) is 14.9 Å². The Labute approximate surface area is 166 Å². The lowest BCUT2D eigenvalue weighted by atomic mass is 9.95. The van der Waals surface area contributed by atoms with Crippen LogP contribution in [-0.4, -0.2) is 54.1 Å². The number of nitrogens with zero attached hydrogens (tertiary/aromatic N) is 4. The zero-order valence-corrected chi connectivity index (χ0v) is 17.7. The van der Waals surface area contributed by atoms with Gasteiger partial charge in [-0.1, -0.05) is 20.8 Å². The molecule has 3 rings (SSSR count). The molecule has 0 radical (unpaired) electrons. The van der Waals surface area contributed by atoms with Crippen molar-refractivity contribution in [2.75, 3.05) is 38.2 Å². The van der Waals surface area contributed by atoms with Gasteiger partial charge in [0.15, 0.2) is 0 Å². The van der Waals surface area contributed by atoms with Crippen LogP contribution >= 0.6 is 0 Å². The van der Waals surface area contributed by atoms with Crippen LogP contribution < -0.4 is 4.90 Å². The number of aryl methyl sites for hydroxylation is 2. The highest BCUT2D eigenvalue weighted by atomic mass is 16.5. The molecule has 28 heavy (non-hydrogen) atoms. The second kappa shape index (κ2) is 7.91. The maximum Gasteiger partial charge on any atom is 0.257 e. The van der Waals surface area contributed by atoms with Crippen LogP contribution in [0.5, 0.6) is 0 Å². The van der Waals surface area contributed by atoms with Gasteiger partial charge in [0.25, 0.3) is 5.91 Å². The predicted octanol–water partition coefficient (Wildman–Crippen LogP) is 3.09. The smallest absolute Gasteiger partial charge is 0.257 e. The fraction of sp³-hybridized carbons (Fsp3) is 0.571. The zero-order chi connectivity index (χ0) is 20.5. The van der Waals surface area contributed by atoms with E-state index in [1.165, 1.54) is 0 Å². The van der Waals surface area contributed by atoms with Gasteiger partial charge in [0.1, 0.15) is 23.2 Å². The molecule has 152 valence electrons. The molecule has 7 nitrogen and oxygen atoms in total. The Morgan fingerprint density at radius 3 is 2.36 bits per heavy atom. The van der Waals surface area contributed by atoms with Crippen LogP contribution in [0.3, 0.4) is 0 Å². The maximum atomic E-state index is 12.8. The molecule has 2 aromatic rings. The van der Waals surface area contributed by atoms with E-state index >= 15 is 0 Å². The SMILES string of the molecule is COCc1cc(N2CCN(C(=O)c3cc(C)oc3C)CC2)nc(C(C)(C)C)n1. The molecule has 1 aliphatic heterocycles. The Kier molecular flexibility index (Phi) is 5.74. The molecule has 0 aromatic carbocycles. The monoisotopic (exact) mass is 386 g/mol. The van der Waals surface area contributed by atoms with Crippen molar-refractivity contribution in [3.8, 4) is 0 Å². The van der Waals surface area contributed by atoms with E-state index in [0.29, 0.717) is 31.0 Å². The molecule has 1 amide bonds. The van der Waals surface area contributed by atoms with E-state index in [1.54, 1.807) is 7.11 Å². The first kappa shape index (κ1) is 20.3. The highest BCUT2D eigenvalue weighted by Crippen LogP contribution is 2.24. The molecule has 2 aromatic heterocycles. The van der Waals surface area contributed by atoms with Crippen LogP contribution in [0, 0.1) is 13.8 Å². The Hall–Kier alpha value is -2.41. The number of rotatable bonds is 4. The largest absolute Gasteiger partial charge is 0.466 e. The second-order valence-electron chi connectivity index (χ2n) is 8.33. The molecule has 1 fully saturated rings. The fourth-order valence-corrected chi connectivity index (χ4v) is 3.35. The molecule has 7 heteroatoms. The Balaban J connectivity index is 1.74. The summed E-state index contributed by atoms with van der Waals surface area (Å²) in [5.74, 6) is 3.18. The molecule has 0 unspecified atom stereocenters. The molecule has 3 heterocycles. The van der Waals surface area contributed by atoms with E-state index in [9.17, 15) is 4.79 Å². The summed E-state index contributed by atoms with van der Waals surface area (Å²) in [5.41, 5.74) is 1.39. The van der Waals surface area contributed by atoms with Crippen LogP contribution in [0.15, 0.2) is 16.5 Å². The number of carbonyl (C=O) groups is 1.